The van der Waals surface area contributed by atoms with E-state index in [9.17, 15) is 4.79 Å². The Morgan fingerprint density at radius 3 is 2.67 bits per heavy atom. The summed E-state index contributed by atoms with van der Waals surface area (Å²) >= 11 is 1.59. The largest absolute Gasteiger partial charge is 0.478 e. The highest BCUT2D eigenvalue weighted by Gasteiger charge is 2.00. The maximum absolute atomic E-state index is 10.4. The fourth-order valence-corrected chi connectivity index (χ4v) is 1.69. The summed E-state index contributed by atoms with van der Waals surface area (Å²) in [5.74, 6) is -0.860. The van der Waals surface area contributed by atoms with Crippen LogP contribution in [0.1, 0.15) is 16.7 Å². The number of carboxylic acids is 1. The van der Waals surface area contributed by atoms with Crippen LogP contribution in [0.3, 0.4) is 0 Å². The zero-order chi connectivity index (χ0) is 9.14. The lowest BCUT2D eigenvalue weighted by atomic mass is 10.2. The molecule has 0 aliphatic carbocycles. The molecule has 12 heavy (non-hydrogen) atoms. The van der Waals surface area contributed by atoms with Gasteiger partial charge in [-0.05, 0) is 32.1 Å². The van der Waals surface area contributed by atoms with Gasteiger partial charge in [0, 0.05) is 15.3 Å². The Morgan fingerprint density at radius 1 is 1.58 bits per heavy atom. The Bertz CT molecular complexity index is 323. The van der Waals surface area contributed by atoms with Crippen LogP contribution in [0.4, 0.5) is 0 Å². The molecule has 1 aromatic rings. The van der Waals surface area contributed by atoms with Crippen LogP contribution in [0.25, 0.3) is 6.08 Å². The molecule has 3 heteroatoms. The van der Waals surface area contributed by atoms with E-state index in [2.05, 4.69) is 0 Å². The minimum atomic E-state index is -0.860. The van der Waals surface area contributed by atoms with Crippen molar-refractivity contribution in [3.8, 4) is 0 Å². The first-order valence-electron chi connectivity index (χ1n) is 3.57. The molecule has 0 atom stereocenters. The lowest BCUT2D eigenvalue weighted by Gasteiger charge is -1.89. The number of carbonyl (C=O) groups is 1. The number of aryl methyl sites for hydroxylation is 1. The minimum absolute atomic E-state index is 0.372. The summed E-state index contributed by atoms with van der Waals surface area (Å²) in [4.78, 5) is 12.6. The lowest BCUT2D eigenvalue weighted by Crippen LogP contribution is -1.94. The average molecular weight is 182 g/mol. The van der Waals surface area contributed by atoms with Gasteiger partial charge < -0.3 is 5.11 Å². The second kappa shape index (κ2) is 3.54. The smallest absolute Gasteiger partial charge is 0.331 e. The highest BCUT2D eigenvalue weighted by atomic mass is 32.1. The van der Waals surface area contributed by atoms with Crippen molar-refractivity contribution in [2.75, 3.05) is 0 Å². The van der Waals surface area contributed by atoms with Crippen LogP contribution >= 0.6 is 11.3 Å². The summed E-state index contributed by atoms with van der Waals surface area (Å²) in [6.07, 6.45) is 1.68. The van der Waals surface area contributed by atoms with Crippen molar-refractivity contribution in [3.05, 3.63) is 27.5 Å². The quantitative estimate of drug-likeness (QED) is 0.714. The molecule has 64 valence electrons. The van der Waals surface area contributed by atoms with Crippen molar-refractivity contribution in [1.29, 1.82) is 0 Å². The van der Waals surface area contributed by atoms with Crippen molar-refractivity contribution in [2.45, 2.75) is 13.8 Å². The first-order chi connectivity index (χ1) is 5.59. The summed E-state index contributed by atoms with van der Waals surface area (Å²) in [6.45, 7) is 3.59. The first-order valence-corrected chi connectivity index (χ1v) is 4.39. The van der Waals surface area contributed by atoms with Crippen LogP contribution in [0.15, 0.2) is 17.7 Å². The third-order valence-electron chi connectivity index (χ3n) is 1.46. The van der Waals surface area contributed by atoms with E-state index in [-0.39, 0.29) is 0 Å². The molecule has 0 fully saturated rings. The van der Waals surface area contributed by atoms with Crippen LogP contribution < -0.4 is 0 Å². The molecule has 1 rings (SSSR count). The molecule has 0 radical (unpaired) electrons. The normalized spacial score (nSPS) is 11.7. The van der Waals surface area contributed by atoms with E-state index in [1.54, 1.807) is 24.3 Å². The van der Waals surface area contributed by atoms with Gasteiger partial charge in [-0.1, -0.05) is 0 Å². The van der Waals surface area contributed by atoms with Gasteiger partial charge in [0.2, 0.25) is 0 Å². The van der Waals surface area contributed by atoms with Gasteiger partial charge >= 0.3 is 5.97 Å². The SMILES string of the molecule is C/C(=C/c1ccc(C)s1)C(=O)O. The summed E-state index contributed by atoms with van der Waals surface area (Å²) in [5.41, 5.74) is 0.372. The van der Waals surface area contributed by atoms with E-state index in [1.165, 1.54) is 4.88 Å². The number of thiophene rings is 1. The van der Waals surface area contributed by atoms with Crippen LogP contribution in [0.5, 0.6) is 0 Å². The molecule has 1 aromatic heterocycles. The zero-order valence-electron chi connectivity index (χ0n) is 7.00. The number of carboxylic acid groups (broad SMARTS) is 1. The maximum Gasteiger partial charge on any atom is 0.331 e. The molecule has 1 N–H and O–H groups in total. The fourth-order valence-electron chi connectivity index (χ4n) is 0.806. The van der Waals surface area contributed by atoms with E-state index < -0.39 is 5.97 Å². The topological polar surface area (TPSA) is 37.3 Å². The maximum atomic E-state index is 10.4. The summed E-state index contributed by atoms with van der Waals surface area (Å²) in [7, 11) is 0. The Labute approximate surface area is 75.2 Å². The molecule has 0 unspecified atom stereocenters. The predicted octanol–water partition coefficient (Wildman–Crippen LogP) is 2.54. The summed E-state index contributed by atoms with van der Waals surface area (Å²) < 4.78 is 0. The van der Waals surface area contributed by atoms with Crippen LogP contribution in [0.2, 0.25) is 0 Å². The van der Waals surface area contributed by atoms with Crippen molar-refractivity contribution in [2.24, 2.45) is 0 Å². The standard InChI is InChI=1S/C9H10O2S/c1-6(9(10)11)5-8-4-3-7(2)12-8/h3-5H,1-2H3,(H,10,11)/b6-5-. The third kappa shape index (κ3) is 2.20. The second-order valence-corrected chi connectivity index (χ2v) is 3.90. The highest BCUT2D eigenvalue weighted by molar-refractivity contribution is 7.12. The molecule has 0 spiro atoms. The molecular formula is C9H10O2S. The predicted molar refractivity (Wildman–Crippen MR) is 50.3 cm³/mol. The molecule has 0 bridgehead atoms. The van der Waals surface area contributed by atoms with Crippen LogP contribution in [0, 0.1) is 6.92 Å². The number of hydrogen-bond acceptors (Lipinski definition) is 2. The fraction of sp³-hybridized carbons (Fsp3) is 0.222. The van der Waals surface area contributed by atoms with Gasteiger partial charge in [-0.3, -0.25) is 0 Å². The second-order valence-electron chi connectivity index (χ2n) is 2.58. The van der Waals surface area contributed by atoms with Crippen molar-refractivity contribution in [1.82, 2.24) is 0 Å². The Kier molecular flexibility index (Phi) is 2.65. The van der Waals surface area contributed by atoms with Gasteiger partial charge in [0.1, 0.15) is 0 Å². The van der Waals surface area contributed by atoms with Crippen LogP contribution in [-0.4, -0.2) is 11.1 Å². The summed E-state index contributed by atoms with van der Waals surface area (Å²) in [5, 5.41) is 8.59. The molecular weight excluding hydrogens is 172 g/mol. The molecule has 0 saturated heterocycles. The van der Waals surface area contributed by atoms with Gasteiger partial charge in [0.25, 0.3) is 0 Å². The van der Waals surface area contributed by atoms with Crippen molar-refractivity contribution >= 4 is 23.4 Å². The van der Waals surface area contributed by atoms with Crippen LogP contribution in [-0.2, 0) is 4.79 Å². The van der Waals surface area contributed by atoms with E-state index in [0.717, 1.165) is 4.88 Å². The molecule has 1 heterocycles. The average Bonchev–Trinajstić information content (AvgIpc) is 2.35. The molecule has 0 aliphatic rings. The summed E-state index contributed by atoms with van der Waals surface area (Å²) in [6, 6.07) is 3.90. The number of hydrogen-bond donors (Lipinski definition) is 1. The van der Waals surface area contributed by atoms with E-state index >= 15 is 0 Å². The van der Waals surface area contributed by atoms with E-state index in [0.29, 0.717) is 5.57 Å². The minimum Gasteiger partial charge on any atom is -0.478 e. The van der Waals surface area contributed by atoms with E-state index in [1.807, 2.05) is 19.1 Å². The number of rotatable bonds is 2. The van der Waals surface area contributed by atoms with Crippen molar-refractivity contribution in [3.63, 3.8) is 0 Å². The highest BCUT2D eigenvalue weighted by Crippen LogP contribution is 2.17. The Balaban J connectivity index is 2.87. The molecule has 0 saturated carbocycles. The van der Waals surface area contributed by atoms with Gasteiger partial charge in [-0.2, -0.15) is 0 Å². The molecule has 0 aliphatic heterocycles. The Hall–Kier alpha value is -1.09. The number of aliphatic carboxylic acids is 1. The molecule has 0 aromatic carbocycles. The lowest BCUT2D eigenvalue weighted by molar-refractivity contribution is -0.132. The molecule has 0 amide bonds. The molecule has 2 nitrogen and oxygen atoms in total. The first kappa shape index (κ1) is 9.00. The Morgan fingerprint density at radius 2 is 2.25 bits per heavy atom. The van der Waals surface area contributed by atoms with E-state index in [4.69, 9.17) is 5.11 Å². The van der Waals surface area contributed by atoms with Gasteiger partial charge in [-0.25, -0.2) is 4.79 Å². The van der Waals surface area contributed by atoms with Gasteiger partial charge in [-0.15, -0.1) is 11.3 Å². The third-order valence-corrected chi connectivity index (χ3v) is 2.40. The zero-order valence-corrected chi connectivity index (χ0v) is 7.81. The van der Waals surface area contributed by atoms with Crippen molar-refractivity contribution < 1.29 is 9.90 Å². The van der Waals surface area contributed by atoms with Gasteiger partial charge in [0.05, 0.1) is 0 Å². The monoisotopic (exact) mass is 182 g/mol. The van der Waals surface area contributed by atoms with Gasteiger partial charge in [0.15, 0.2) is 0 Å².